The Bertz CT molecular complexity index is 301. The fourth-order valence-electron chi connectivity index (χ4n) is 2.15. The molecule has 0 spiro atoms. The lowest BCUT2D eigenvalue weighted by Gasteiger charge is -2.33. The van der Waals surface area contributed by atoms with Gasteiger partial charge in [0, 0.05) is 31.5 Å². The molecular weight excluding hydrogens is 200 g/mol. The first kappa shape index (κ1) is 11.3. The summed E-state index contributed by atoms with van der Waals surface area (Å²) in [6, 6.07) is 0.607. The highest BCUT2D eigenvalue weighted by Gasteiger charge is 2.19. The van der Waals surface area contributed by atoms with Crippen LogP contribution in [0.25, 0.3) is 0 Å². The minimum atomic E-state index is 0.607. The topological polar surface area (TPSA) is 41.0 Å². The Morgan fingerprint density at radius 3 is 3.19 bits per heavy atom. The van der Waals surface area contributed by atoms with Crippen LogP contribution in [0.1, 0.15) is 26.2 Å². The van der Waals surface area contributed by atoms with Gasteiger partial charge in [0.2, 0.25) is 0 Å². The Balaban J connectivity index is 1.91. The smallest absolute Gasteiger partial charge is 0.147 e. The molecule has 1 saturated heterocycles. The molecule has 1 aliphatic rings. The van der Waals surface area contributed by atoms with Crippen LogP contribution in [0.3, 0.4) is 0 Å². The molecule has 0 bridgehead atoms. The van der Waals surface area contributed by atoms with Gasteiger partial charge in [-0.25, -0.2) is 4.98 Å². The van der Waals surface area contributed by atoms with Crippen LogP contribution < -0.4 is 10.2 Å². The van der Waals surface area contributed by atoms with Crippen LogP contribution in [0, 0.1) is 0 Å². The largest absolute Gasteiger partial charge is 0.354 e. The van der Waals surface area contributed by atoms with Crippen LogP contribution in [-0.4, -0.2) is 35.6 Å². The summed E-state index contributed by atoms with van der Waals surface area (Å²) in [5.41, 5.74) is 0. The van der Waals surface area contributed by atoms with Gasteiger partial charge in [0.15, 0.2) is 0 Å². The van der Waals surface area contributed by atoms with E-state index in [0.29, 0.717) is 6.04 Å². The highest BCUT2D eigenvalue weighted by atomic mass is 15.2. The van der Waals surface area contributed by atoms with E-state index in [1.165, 1.54) is 19.3 Å². The quantitative estimate of drug-likeness (QED) is 0.833. The van der Waals surface area contributed by atoms with Gasteiger partial charge in [-0.15, -0.1) is 0 Å². The van der Waals surface area contributed by atoms with Crippen molar-refractivity contribution in [3.8, 4) is 0 Å². The Morgan fingerprint density at radius 1 is 1.50 bits per heavy atom. The van der Waals surface area contributed by atoms with Crippen LogP contribution in [0.5, 0.6) is 0 Å². The molecule has 2 heterocycles. The van der Waals surface area contributed by atoms with Gasteiger partial charge in [0.05, 0.1) is 6.20 Å². The minimum absolute atomic E-state index is 0.607. The van der Waals surface area contributed by atoms with Crippen LogP contribution in [0.2, 0.25) is 0 Å². The summed E-state index contributed by atoms with van der Waals surface area (Å²) in [6.45, 7) is 5.47. The number of piperidine rings is 1. The molecule has 0 aliphatic carbocycles. The predicted octanol–water partition coefficient (Wildman–Crippen LogP) is 1.44. The van der Waals surface area contributed by atoms with Crippen molar-refractivity contribution in [2.24, 2.45) is 0 Å². The molecule has 4 heteroatoms. The van der Waals surface area contributed by atoms with Crippen LogP contribution in [-0.2, 0) is 0 Å². The highest BCUT2D eigenvalue weighted by molar-refractivity contribution is 5.35. The predicted molar refractivity (Wildman–Crippen MR) is 65.6 cm³/mol. The highest BCUT2D eigenvalue weighted by Crippen LogP contribution is 2.16. The zero-order chi connectivity index (χ0) is 11.2. The molecule has 1 aromatic rings. The minimum Gasteiger partial charge on any atom is -0.354 e. The van der Waals surface area contributed by atoms with Gasteiger partial charge in [0.25, 0.3) is 0 Å². The van der Waals surface area contributed by atoms with E-state index in [4.69, 9.17) is 0 Å². The average Bonchev–Trinajstić information content (AvgIpc) is 2.38. The second-order valence-electron chi connectivity index (χ2n) is 4.30. The van der Waals surface area contributed by atoms with Gasteiger partial charge in [-0.2, -0.15) is 0 Å². The molecule has 0 radical (unpaired) electrons. The third kappa shape index (κ3) is 2.92. The maximum Gasteiger partial charge on any atom is 0.147 e. The summed E-state index contributed by atoms with van der Waals surface area (Å²) in [5.74, 6) is 1.01. The zero-order valence-corrected chi connectivity index (χ0v) is 9.89. The third-order valence-electron chi connectivity index (χ3n) is 2.98. The molecule has 16 heavy (non-hydrogen) atoms. The van der Waals surface area contributed by atoms with Gasteiger partial charge >= 0.3 is 0 Å². The summed E-state index contributed by atoms with van der Waals surface area (Å²) in [7, 11) is 0. The van der Waals surface area contributed by atoms with Crippen molar-refractivity contribution in [1.82, 2.24) is 15.3 Å². The number of aromatic nitrogens is 2. The van der Waals surface area contributed by atoms with Crippen molar-refractivity contribution in [2.45, 2.75) is 32.2 Å². The molecule has 1 aromatic heterocycles. The molecular formula is C12H20N4. The van der Waals surface area contributed by atoms with Crippen LogP contribution in [0.4, 0.5) is 5.82 Å². The molecule has 1 fully saturated rings. The number of rotatable bonds is 4. The standard InChI is InChI=1S/C12H20N4/c1-2-5-14-11-4-3-8-16(10-11)12-9-13-6-7-15-12/h6-7,9,11,14H,2-5,8,10H2,1H3. The molecule has 0 saturated carbocycles. The van der Waals surface area contributed by atoms with Crippen molar-refractivity contribution in [1.29, 1.82) is 0 Å². The lowest BCUT2D eigenvalue weighted by atomic mass is 10.1. The Morgan fingerprint density at radius 2 is 2.44 bits per heavy atom. The van der Waals surface area contributed by atoms with E-state index in [2.05, 4.69) is 27.1 Å². The summed E-state index contributed by atoms with van der Waals surface area (Å²) in [4.78, 5) is 10.8. The van der Waals surface area contributed by atoms with Gasteiger partial charge in [0.1, 0.15) is 5.82 Å². The second kappa shape index (κ2) is 5.80. The molecule has 4 nitrogen and oxygen atoms in total. The number of nitrogens with one attached hydrogen (secondary N) is 1. The molecule has 0 aromatic carbocycles. The number of hydrogen-bond donors (Lipinski definition) is 1. The van der Waals surface area contributed by atoms with Crippen molar-refractivity contribution >= 4 is 5.82 Å². The fraction of sp³-hybridized carbons (Fsp3) is 0.667. The number of hydrogen-bond acceptors (Lipinski definition) is 4. The van der Waals surface area contributed by atoms with Crippen LogP contribution in [0.15, 0.2) is 18.6 Å². The molecule has 2 rings (SSSR count). The molecule has 1 unspecified atom stereocenters. The van der Waals surface area contributed by atoms with E-state index in [1.807, 2.05) is 6.20 Å². The van der Waals surface area contributed by atoms with Crippen LogP contribution >= 0.6 is 0 Å². The van der Waals surface area contributed by atoms with Gasteiger partial charge in [-0.3, -0.25) is 4.98 Å². The average molecular weight is 220 g/mol. The fourth-order valence-corrected chi connectivity index (χ4v) is 2.15. The van der Waals surface area contributed by atoms with Crippen molar-refractivity contribution < 1.29 is 0 Å². The van der Waals surface area contributed by atoms with E-state index < -0.39 is 0 Å². The maximum atomic E-state index is 4.35. The van der Waals surface area contributed by atoms with Gasteiger partial charge in [-0.1, -0.05) is 6.92 Å². The third-order valence-corrected chi connectivity index (χ3v) is 2.98. The van der Waals surface area contributed by atoms with E-state index in [1.54, 1.807) is 12.4 Å². The van der Waals surface area contributed by atoms with E-state index in [0.717, 1.165) is 25.5 Å². The molecule has 1 N–H and O–H groups in total. The first-order valence-electron chi connectivity index (χ1n) is 6.14. The van der Waals surface area contributed by atoms with E-state index in [-0.39, 0.29) is 0 Å². The van der Waals surface area contributed by atoms with Gasteiger partial charge < -0.3 is 10.2 Å². The Hall–Kier alpha value is -1.16. The lowest BCUT2D eigenvalue weighted by Crippen LogP contribution is -2.46. The second-order valence-corrected chi connectivity index (χ2v) is 4.30. The molecule has 1 atom stereocenters. The Kier molecular flexibility index (Phi) is 4.10. The Labute approximate surface area is 97.1 Å². The normalized spacial score (nSPS) is 21.1. The molecule has 1 aliphatic heterocycles. The summed E-state index contributed by atoms with van der Waals surface area (Å²) in [5, 5.41) is 3.58. The first-order chi connectivity index (χ1) is 7.90. The van der Waals surface area contributed by atoms with E-state index in [9.17, 15) is 0 Å². The summed E-state index contributed by atoms with van der Waals surface area (Å²) < 4.78 is 0. The maximum absolute atomic E-state index is 4.35. The van der Waals surface area contributed by atoms with Crippen molar-refractivity contribution in [2.75, 3.05) is 24.5 Å². The SMILES string of the molecule is CCCNC1CCCN(c2cnccn2)C1. The van der Waals surface area contributed by atoms with Gasteiger partial charge in [-0.05, 0) is 25.8 Å². The number of anilines is 1. The number of nitrogens with zero attached hydrogens (tertiary/aromatic N) is 3. The monoisotopic (exact) mass is 220 g/mol. The molecule has 0 amide bonds. The first-order valence-corrected chi connectivity index (χ1v) is 6.14. The lowest BCUT2D eigenvalue weighted by molar-refractivity contribution is 0.421. The van der Waals surface area contributed by atoms with Crippen molar-refractivity contribution in [3.63, 3.8) is 0 Å². The van der Waals surface area contributed by atoms with Crippen molar-refractivity contribution in [3.05, 3.63) is 18.6 Å². The zero-order valence-electron chi connectivity index (χ0n) is 9.89. The summed E-state index contributed by atoms with van der Waals surface area (Å²) in [6.07, 6.45) is 9.04. The van der Waals surface area contributed by atoms with E-state index >= 15 is 0 Å². The molecule has 88 valence electrons. The summed E-state index contributed by atoms with van der Waals surface area (Å²) >= 11 is 0.